The number of phenols is 1. The van der Waals surface area contributed by atoms with Crippen molar-refractivity contribution in [2.75, 3.05) is 21.9 Å². The number of nitrogens with one attached hydrogen (secondary N) is 1. The zero-order valence-corrected chi connectivity index (χ0v) is 17.8. The van der Waals surface area contributed by atoms with Crippen molar-refractivity contribution in [2.24, 2.45) is 0 Å². The van der Waals surface area contributed by atoms with Crippen LogP contribution in [0.5, 0.6) is 5.75 Å². The van der Waals surface area contributed by atoms with Gasteiger partial charge in [-0.25, -0.2) is 23.1 Å². The average Bonchev–Trinajstić information content (AvgIpc) is 3.15. The van der Waals surface area contributed by atoms with Crippen molar-refractivity contribution in [3.05, 3.63) is 72.9 Å². The third-order valence-electron chi connectivity index (χ3n) is 4.79. The number of rotatable bonds is 8. The summed E-state index contributed by atoms with van der Waals surface area (Å²) < 4.78 is 28.0. The van der Waals surface area contributed by atoms with Crippen LogP contribution < -0.4 is 15.4 Å². The first-order chi connectivity index (χ1) is 15.4. The minimum Gasteiger partial charge on any atom is -0.506 e. The number of para-hydroxylation sites is 3. The molecule has 0 atom stereocenters. The molecule has 0 aliphatic heterocycles. The van der Waals surface area contributed by atoms with Crippen LogP contribution in [0.2, 0.25) is 0 Å². The second-order valence-electron chi connectivity index (χ2n) is 6.79. The number of fused-ring (bicyclic) bond motifs is 1. The molecule has 4 N–H and O–H groups in total. The molecular formula is C21H21N7O3S. The molecule has 0 radical (unpaired) electrons. The van der Waals surface area contributed by atoms with E-state index >= 15 is 0 Å². The highest BCUT2D eigenvalue weighted by molar-refractivity contribution is 7.95. The maximum atomic E-state index is 12.6. The third kappa shape index (κ3) is 4.05. The van der Waals surface area contributed by atoms with E-state index in [2.05, 4.69) is 27.0 Å². The van der Waals surface area contributed by atoms with E-state index in [9.17, 15) is 13.5 Å². The maximum Gasteiger partial charge on any atom is 0.256 e. The van der Waals surface area contributed by atoms with Gasteiger partial charge in [0.15, 0.2) is 11.5 Å². The SMILES string of the molecule is C=CS(=O)(=O)N(CCn1nc(Nc2ccccc2O)c2c(N)ncnc21)c1ccccc1. The lowest BCUT2D eigenvalue weighted by Gasteiger charge is -2.22. The molecule has 0 saturated carbocycles. The highest BCUT2D eigenvalue weighted by atomic mass is 32.2. The molecule has 32 heavy (non-hydrogen) atoms. The molecule has 4 rings (SSSR count). The van der Waals surface area contributed by atoms with Crippen LogP contribution in [0.1, 0.15) is 0 Å². The Balaban J connectivity index is 1.71. The summed E-state index contributed by atoms with van der Waals surface area (Å²) in [4.78, 5) is 8.31. The molecule has 11 heteroatoms. The Morgan fingerprint density at radius 3 is 2.56 bits per heavy atom. The molecule has 2 aromatic carbocycles. The quantitative estimate of drug-likeness (QED) is 0.348. The van der Waals surface area contributed by atoms with Crippen LogP contribution >= 0.6 is 0 Å². The number of phenolic OH excluding ortho intramolecular Hbond substituents is 1. The standard InChI is InChI=1S/C21H21N7O3S/c1-2-32(30,31)28(15-8-4-3-5-9-15)13-12-27-21-18(19(22)23-14-24-21)20(26-27)25-16-10-6-7-11-17(16)29/h2-11,14,29H,1,12-13H2,(H,25,26)(H2,22,23,24). The number of hydrogen-bond acceptors (Lipinski definition) is 8. The summed E-state index contributed by atoms with van der Waals surface area (Å²) >= 11 is 0. The van der Waals surface area contributed by atoms with Gasteiger partial charge >= 0.3 is 0 Å². The zero-order valence-electron chi connectivity index (χ0n) is 17.0. The molecular weight excluding hydrogens is 430 g/mol. The summed E-state index contributed by atoms with van der Waals surface area (Å²) in [5, 5.41) is 19.0. The predicted molar refractivity (Wildman–Crippen MR) is 124 cm³/mol. The first-order valence-corrected chi connectivity index (χ1v) is 11.1. The predicted octanol–water partition coefficient (Wildman–Crippen LogP) is 2.84. The molecule has 0 aliphatic rings. The minimum atomic E-state index is -3.74. The number of hydrogen-bond donors (Lipinski definition) is 3. The van der Waals surface area contributed by atoms with E-state index in [1.54, 1.807) is 59.3 Å². The highest BCUT2D eigenvalue weighted by Gasteiger charge is 2.21. The van der Waals surface area contributed by atoms with E-state index in [-0.39, 0.29) is 24.7 Å². The first kappa shape index (κ1) is 21.1. The fourth-order valence-electron chi connectivity index (χ4n) is 3.25. The normalized spacial score (nSPS) is 11.4. The smallest absolute Gasteiger partial charge is 0.256 e. The van der Waals surface area contributed by atoms with Gasteiger partial charge in [0.1, 0.15) is 23.3 Å². The minimum absolute atomic E-state index is 0.0398. The third-order valence-corrected chi connectivity index (χ3v) is 6.22. The summed E-state index contributed by atoms with van der Waals surface area (Å²) in [5.74, 6) is 0.591. The Morgan fingerprint density at radius 2 is 1.84 bits per heavy atom. The van der Waals surface area contributed by atoms with Crippen molar-refractivity contribution in [2.45, 2.75) is 6.54 Å². The number of nitrogen functional groups attached to an aromatic ring is 1. The Bertz CT molecular complexity index is 1370. The molecule has 0 fully saturated rings. The average molecular weight is 452 g/mol. The summed E-state index contributed by atoms with van der Waals surface area (Å²) in [6.07, 6.45) is 1.31. The number of anilines is 4. The van der Waals surface area contributed by atoms with E-state index in [0.717, 1.165) is 5.41 Å². The van der Waals surface area contributed by atoms with Crippen molar-refractivity contribution in [3.63, 3.8) is 0 Å². The van der Waals surface area contributed by atoms with Crippen molar-refractivity contribution < 1.29 is 13.5 Å². The topological polar surface area (TPSA) is 139 Å². The van der Waals surface area contributed by atoms with Gasteiger partial charge < -0.3 is 16.2 Å². The van der Waals surface area contributed by atoms with Gasteiger partial charge in [0, 0.05) is 5.41 Å². The summed E-state index contributed by atoms with van der Waals surface area (Å²) in [6, 6.07) is 15.4. The van der Waals surface area contributed by atoms with Crippen LogP contribution in [0.15, 0.2) is 72.9 Å². The Hall–Kier alpha value is -4.12. The van der Waals surface area contributed by atoms with E-state index in [1.807, 2.05) is 0 Å². The van der Waals surface area contributed by atoms with Gasteiger partial charge in [-0.1, -0.05) is 36.9 Å². The Morgan fingerprint density at radius 1 is 1.12 bits per heavy atom. The van der Waals surface area contributed by atoms with E-state index in [1.165, 1.54) is 10.6 Å². The molecule has 4 aromatic rings. The molecule has 2 aromatic heterocycles. The maximum absolute atomic E-state index is 12.6. The van der Waals surface area contributed by atoms with Gasteiger partial charge in [-0.05, 0) is 24.3 Å². The van der Waals surface area contributed by atoms with Crippen molar-refractivity contribution >= 4 is 44.1 Å². The van der Waals surface area contributed by atoms with Gasteiger partial charge in [-0.2, -0.15) is 5.10 Å². The second-order valence-corrected chi connectivity index (χ2v) is 8.59. The van der Waals surface area contributed by atoms with Crippen LogP contribution in [-0.4, -0.2) is 39.8 Å². The second kappa shape index (κ2) is 8.55. The van der Waals surface area contributed by atoms with Gasteiger partial charge in [0.2, 0.25) is 0 Å². The van der Waals surface area contributed by atoms with Crippen LogP contribution in [-0.2, 0) is 16.6 Å². The molecule has 0 bridgehead atoms. The number of benzene rings is 2. The first-order valence-electron chi connectivity index (χ1n) is 9.63. The Kier molecular flexibility index (Phi) is 5.65. The fraction of sp³-hybridized carbons (Fsp3) is 0.0952. The van der Waals surface area contributed by atoms with Crippen LogP contribution in [0.4, 0.5) is 23.0 Å². The summed E-state index contributed by atoms with van der Waals surface area (Å²) in [7, 11) is -3.74. The monoisotopic (exact) mass is 451 g/mol. The number of nitrogens with zero attached hydrogens (tertiary/aromatic N) is 5. The van der Waals surface area contributed by atoms with E-state index in [0.29, 0.717) is 28.2 Å². The van der Waals surface area contributed by atoms with Crippen LogP contribution in [0, 0.1) is 0 Å². The molecule has 10 nitrogen and oxygen atoms in total. The van der Waals surface area contributed by atoms with Gasteiger partial charge in [0.05, 0.1) is 24.5 Å². The number of nitrogens with two attached hydrogens (primary N) is 1. The lowest BCUT2D eigenvalue weighted by Crippen LogP contribution is -2.32. The van der Waals surface area contributed by atoms with Crippen LogP contribution in [0.25, 0.3) is 11.0 Å². The van der Waals surface area contributed by atoms with Gasteiger partial charge in [0.25, 0.3) is 10.0 Å². The number of sulfonamides is 1. The molecule has 0 amide bonds. The molecule has 0 spiro atoms. The molecule has 0 unspecified atom stereocenters. The van der Waals surface area contributed by atoms with E-state index in [4.69, 9.17) is 5.73 Å². The Labute approximate surface area is 184 Å². The molecule has 2 heterocycles. The van der Waals surface area contributed by atoms with E-state index < -0.39 is 10.0 Å². The van der Waals surface area contributed by atoms with Crippen molar-refractivity contribution in [1.29, 1.82) is 0 Å². The number of aromatic nitrogens is 4. The van der Waals surface area contributed by atoms with Crippen molar-refractivity contribution in [3.8, 4) is 5.75 Å². The summed E-state index contributed by atoms with van der Waals surface area (Å²) in [6.45, 7) is 3.69. The molecule has 0 saturated heterocycles. The largest absolute Gasteiger partial charge is 0.506 e. The summed E-state index contributed by atoms with van der Waals surface area (Å²) in [5.41, 5.74) is 7.44. The lowest BCUT2D eigenvalue weighted by atomic mass is 10.3. The highest BCUT2D eigenvalue weighted by Crippen LogP contribution is 2.31. The van der Waals surface area contributed by atoms with Crippen LogP contribution in [0.3, 0.4) is 0 Å². The number of aromatic hydroxyl groups is 1. The fourth-order valence-corrected chi connectivity index (χ4v) is 4.19. The molecule has 164 valence electrons. The lowest BCUT2D eigenvalue weighted by molar-refractivity contribution is 0.477. The molecule has 0 aliphatic carbocycles. The zero-order chi connectivity index (χ0) is 22.7. The van der Waals surface area contributed by atoms with Gasteiger partial charge in [-0.3, -0.25) is 4.31 Å². The van der Waals surface area contributed by atoms with Crippen molar-refractivity contribution in [1.82, 2.24) is 19.7 Å². The van der Waals surface area contributed by atoms with Gasteiger partial charge in [-0.15, -0.1) is 0 Å².